The van der Waals surface area contributed by atoms with E-state index >= 15 is 0 Å². The standard InChI is InChI=1S/C20H21BO3/c1-19(2)20(3,4)24-21(23-19)16-11-9-14(10-12-16)18-13-15-7-5-6-8-17(15)22-18/h5-13H,1-4H3. The van der Waals surface area contributed by atoms with Gasteiger partial charge in [-0.15, -0.1) is 0 Å². The van der Waals surface area contributed by atoms with Crippen molar-refractivity contribution in [2.24, 2.45) is 0 Å². The summed E-state index contributed by atoms with van der Waals surface area (Å²) in [4.78, 5) is 0. The van der Waals surface area contributed by atoms with Crippen LogP contribution in [-0.2, 0) is 9.31 Å². The van der Waals surface area contributed by atoms with Gasteiger partial charge < -0.3 is 13.7 Å². The molecule has 1 aliphatic heterocycles. The molecule has 4 heteroatoms. The summed E-state index contributed by atoms with van der Waals surface area (Å²) in [6.45, 7) is 8.26. The van der Waals surface area contributed by atoms with E-state index in [-0.39, 0.29) is 18.3 Å². The monoisotopic (exact) mass is 320 g/mol. The minimum atomic E-state index is -0.334. The third-order valence-corrected chi connectivity index (χ3v) is 5.15. The first kappa shape index (κ1) is 15.5. The highest BCUT2D eigenvalue weighted by Gasteiger charge is 2.51. The van der Waals surface area contributed by atoms with Gasteiger partial charge in [0.2, 0.25) is 0 Å². The molecule has 24 heavy (non-hydrogen) atoms. The van der Waals surface area contributed by atoms with E-state index in [1.165, 1.54) is 0 Å². The molecule has 3 aromatic rings. The number of para-hydroxylation sites is 1. The van der Waals surface area contributed by atoms with Gasteiger partial charge >= 0.3 is 7.12 Å². The second kappa shape index (κ2) is 5.23. The highest BCUT2D eigenvalue weighted by atomic mass is 16.7. The summed E-state index contributed by atoms with van der Waals surface area (Å²) in [5, 5.41) is 1.11. The maximum atomic E-state index is 6.10. The lowest BCUT2D eigenvalue weighted by Crippen LogP contribution is -2.41. The summed E-state index contributed by atoms with van der Waals surface area (Å²) in [7, 11) is -0.334. The van der Waals surface area contributed by atoms with Crippen molar-refractivity contribution in [3.8, 4) is 11.3 Å². The smallest absolute Gasteiger partial charge is 0.456 e. The van der Waals surface area contributed by atoms with Crippen LogP contribution < -0.4 is 5.46 Å². The molecule has 2 heterocycles. The molecule has 1 aliphatic rings. The van der Waals surface area contributed by atoms with E-state index in [4.69, 9.17) is 13.7 Å². The number of furan rings is 1. The Kier molecular flexibility index (Phi) is 3.38. The van der Waals surface area contributed by atoms with Crippen molar-refractivity contribution in [1.82, 2.24) is 0 Å². The number of fused-ring (bicyclic) bond motifs is 1. The van der Waals surface area contributed by atoms with E-state index in [0.29, 0.717) is 0 Å². The third-order valence-electron chi connectivity index (χ3n) is 5.15. The van der Waals surface area contributed by atoms with Gasteiger partial charge in [-0.3, -0.25) is 0 Å². The lowest BCUT2D eigenvalue weighted by molar-refractivity contribution is 0.00578. The SMILES string of the molecule is CC1(C)OB(c2ccc(-c3cc4ccccc4o3)cc2)OC1(C)C. The Labute approximate surface area is 142 Å². The van der Waals surface area contributed by atoms with Gasteiger partial charge in [-0.25, -0.2) is 0 Å². The summed E-state index contributed by atoms with van der Waals surface area (Å²) < 4.78 is 18.1. The molecule has 0 saturated carbocycles. The highest BCUT2D eigenvalue weighted by molar-refractivity contribution is 6.62. The van der Waals surface area contributed by atoms with Crippen LogP contribution >= 0.6 is 0 Å². The van der Waals surface area contributed by atoms with Gasteiger partial charge in [0.25, 0.3) is 0 Å². The Morgan fingerprint density at radius 1 is 0.792 bits per heavy atom. The second-order valence-corrected chi connectivity index (χ2v) is 7.36. The van der Waals surface area contributed by atoms with Crippen LogP contribution in [0.1, 0.15) is 27.7 Å². The van der Waals surface area contributed by atoms with Gasteiger partial charge in [-0.1, -0.05) is 42.5 Å². The van der Waals surface area contributed by atoms with Crippen LogP contribution in [0, 0.1) is 0 Å². The summed E-state index contributed by atoms with van der Waals surface area (Å²) in [5.41, 5.74) is 2.33. The zero-order valence-corrected chi connectivity index (χ0v) is 14.5. The fraction of sp³-hybridized carbons (Fsp3) is 0.300. The zero-order chi connectivity index (χ0) is 16.9. The number of hydrogen-bond acceptors (Lipinski definition) is 3. The molecule has 0 unspecified atom stereocenters. The molecule has 1 aromatic heterocycles. The van der Waals surface area contributed by atoms with Gasteiger partial charge in [0, 0.05) is 10.9 Å². The van der Waals surface area contributed by atoms with Crippen LogP contribution in [0.5, 0.6) is 0 Å². The van der Waals surface area contributed by atoms with Crippen molar-refractivity contribution in [3.05, 3.63) is 54.6 Å². The average molecular weight is 320 g/mol. The lowest BCUT2D eigenvalue weighted by Gasteiger charge is -2.32. The van der Waals surface area contributed by atoms with E-state index in [1.807, 2.05) is 30.3 Å². The largest absolute Gasteiger partial charge is 0.494 e. The predicted molar refractivity (Wildman–Crippen MR) is 97.4 cm³/mol. The van der Waals surface area contributed by atoms with Gasteiger partial charge in [0.05, 0.1) is 11.2 Å². The Morgan fingerprint density at radius 2 is 1.42 bits per heavy atom. The Bertz CT molecular complexity index is 828. The lowest BCUT2D eigenvalue weighted by atomic mass is 9.79. The molecule has 0 bridgehead atoms. The summed E-state index contributed by atoms with van der Waals surface area (Å²) in [6.07, 6.45) is 0. The van der Waals surface area contributed by atoms with Crippen LogP contribution in [0.3, 0.4) is 0 Å². The zero-order valence-electron chi connectivity index (χ0n) is 14.5. The maximum Gasteiger partial charge on any atom is 0.494 e. The molecule has 1 fully saturated rings. The summed E-state index contributed by atoms with van der Waals surface area (Å²) in [5.74, 6) is 0.872. The van der Waals surface area contributed by atoms with E-state index in [0.717, 1.165) is 27.8 Å². The van der Waals surface area contributed by atoms with Crippen molar-refractivity contribution >= 4 is 23.6 Å². The van der Waals surface area contributed by atoms with Crippen LogP contribution in [0.15, 0.2) is 59.0 Å². The van der Waals surface area contributed by atoms with Gasteiger partial charge in [0.15, 0.2) is 0 Å². The van der Waals surface area contributed by atoms with Crippen molar-refractivity contribution in [3.63, 3.8) is 0 Å². The third kappa shape index (κ3) is 2.47. The molecule has 0 spiro atoms. The molecule has 3 nitrogen and oxygen atoms in total. The highest BCUT2D eigenvalue weighted by Crippen LogP contribution is 2.36. The topological polar surface area (TPSA) is 31.6 Å². The average Bonchev–Trinajstić information content (AvgIpc) is 3.06. The number of benzene rings is 2. The van der Waals surface area contributed by atoms with E-state index in [1.54, 1.807) is 0 Å². The fourth-order valence-electron chi connectivity index (χ4n) is 2.91. The van der Waals surface area contributed by atoms with Crippen LogP contribution in [-0.4, -0.2) is 18.3 Å². The maximum absolute atomic E-state index is 6.10. The summed E-state index contributed by atoms with van der Waals surface area (Å²) in [6, 6.07) is 18.3. The molecule has 0 N–H and O–H groups in total. The molecule has 0 atom stereocenters. The molecular weight excluding hydrogens is 299 g/mol. The quantitative estimate of drug-likeness (QED) is 0.656. The molecular formula is C20H21BO3. The molecule has 4 rings (SSSR count). The van der Waals surface area contributed by atoms with Crippen LogP contribution in [0.4, 0.5) is 0 Å². The van der Waals surface area contributed by atoms with Crippen molar-refractivity contribution in [1.29, 1.82) is 0 Å². The van der Waals surface area contributed by atoms with Gasteiger partial charge in [0.1, 0.15) is 11.3 Å². The molecule has 0 amide bonds. The van der Waals surface area contributed by atoms with Crippen LogP contribution in [0.2, 0.25) is 0 Å². The van der Waals surface area contributed by atoms with Gasteiger partial charge in [-0.05, 0) is 45.3 Å². The van der Waals surface area contributed by atoms with E-state index in [9.17, 15) is 0 Å². The predicted octanol–water partition coefficient (Wildman–Crippen LogP) is 4.40. The Balaban J connectivity index is 1.61. The first-order valence-electron chi connectivity index (χ1n) is 8.30. The molecule has 122 valence electrons. The van der Waals surface area contributed by atoms with Gasteiger partial charge in [-0.2, -0.15) is 0 Å². The first-order valence-corrected chi connectivity index (χ1v) is 8.30. The van der Waals surface area contributed by atoms with Crippen molar-refractivity contribution < 1.29 is 13.7 Å². The van der Waals surface area contributed by atoms with Crippen molar-refractivity contribution in [2.75, 3.05) is 0 Å². The fourth-order valence-corrected chi connectivity index (χ4v) is 2.91. The molecule has 0 radical (unpaired) electrons. The normalized spacial score (nSPS) is 19.1. The Hall–Kier alpha value is -2.04. The molecule has 1 saturated heterocycles. The van der Waals surface area contributed by atoms with Crippen LogP contribution in [0.25, 0.3) is 22.3 Å². The van der Waals surface area contributed by atoms with Crippen molar-refractivity contribution in [2.45, 2.75) is 38.9 Å². The number of hydrogen-bond donors (Lipinski definition) is 0. The first-order chi connectivity index (χ1) is 11.4. The summed E-state index contributed by atoms with van der Waals surface area (Å²) >= 11 is 0. The number of rotatable bonds is 2. The van der Waals surface area contributed by atoms with E-state index in [2.05, 4.69) is 52.0 Å². The molecule has 2 aromatic carbocycles. The van der Waals surface area contributed by atoms with E-state index < -0.39 is 0 Å². The molecule has 0 aliphatic carbocycles. The Morgan fingerprint density at radius 3 is 2.04 bits per heavy atom. The minimum absolute atomic E-state index is 0.324. The minimum Gasteiger partial charge on any atom is -0.456 e. The second-order valence-electron chi connectivity index (χ2n) is 7.36.